The number of hydrogen-bond donors (Lipinski definition) is 3. The smallest absolute Gasteiger partial charge is 0.478 e. The second-order valence-electron chi connectivity index (χ2n) is 3.90. The molecule has 7 nitrogen and oxygen atoms in total. The number of benzene rings is 1. The molecule has 122 valence electrons. The first-order valence-electron chi connectivity index (χ1n) is 5.86. The number of carbonyl (C=O) groups is 2. The van der Waals surface area contributed by atoms with Gasteiger partial charge in [0.15, 0.2) is 0 Å². The number of nitrogens with one attached hydrogen (secondary N) is 1. The Balaban J connectivity index is 0.000000322. The Hall–Kier alpha value is -3.17. The molecule has 0 saturated heterocycles. The quantitative estimate of drug-likeness (QED) is 0.793. The van der Waals surface area contributed by atoms with Crippen LogP contribution in [0.15, 0.2) is 42.9 Å². The molecule has 0 radical (unpaired) electrons. The third kappa shape index (κ3) is 6.42. The van der Waals surface area contributed by atoms with Crippen molar-refractivity contribution in [3.8, 4) is 0 Å². The Kier molecular flexibility index (Phi) is 6.01. The number of nitrogens with zero attached hydrogens (tertiary/aromatic N) is 2. The molecule has 1 aromatic carbocycles. The van der Waals surface area contributed by atoms with E-state index in [4.69, 9.17) is 15.0 Å². The van der Waals surface area contributed by atoms with Gasteiger partial charge in [-0.2, -0.15) is 13.2 Å². The number of rotatable bonds is 3. The lowest BCUT2D eigenvalue weighted by molar-refractivity contribution is -0.192. The van der Waals surface area contributed by atoms with Gasteiger partial charge in [-0.15, -0.1) is 0 Å². The summed E-state index contributed by atoms with van der Waals surface area (Å²) >= 11 is 0. The molecule has 0 spiro atoms. The van der Waals surface area contributed by atoms with E-state index < -0.39 is 18.1 Å². The average Bonchev–Trinajstić information content (AvgIpc) is 2.48. The number of aromatic carboxylic acids is 1. The van der Waals surface area contributed by atoms with Crippen LogP contribution in [0, 0.1) is 0 Å². The highest BCUT2D eigenvalue weighted by Crippen LogP contribution is 2.14. The molecule has 0 aliphatic heterocycles. The van der Waals surface area contributed by atoms with Gasteiger partial charge in [0.1, 0.15) is 5.82 Å². The predicted octanol–water partition coefficient (Wildman–Crippen LogP) is 2.55. The van der Waals surface area contributed by atoms with E-state index in [1.54, 1.807) is 30.7 Å². The SMILES string of the molecule is O=C(O)C(F)(F)F.O=C(O)c1ccc(Nc2cnccn2)cc1. The van der Waals surface area contributed by atoms with E-state index in [0.29, 0.717) is 5.82 Å². The highest BCUT2D eigenvalue weighted by Gasteiger charge is 2.38. The number of anilines is 2. The van der Waals surface area contributed by atoms with E-state index in [1.165, 1.54) is 12.1 Å². The summed E-state index contributed by atoms with van der Waals surface area (Å²) in [5.74, 6) is -3.08. The topological polar surface area (TPSA) is 112 Å². The third-order valence-corrected chi connectivity index (χ3v) is 2.21. The van der Waals surface area contributed by atoms with Gasteiger partial charge in [0.25, 0.3) is 0 Å². The van der Waals surface area contributed by atoms with E-state index in [0.717, 1.165) is 5.69 Å². The normalized spacial score (nSPS) is 10.2. The Labute approximate surface area is 127 Å². The summed E-state index contributed by atoms with van der Waals surface area (Å²) in [5, 5.41) is 18.9. The fourth-order valence-electron chi connectivity index (χ4n) is 1.21. The van der Waals surface area contributed by atoms with E-state index in [-0.39, 0.29) is 5.56 Å². The summed E-state index contributed by atoms with van der Waals surface area (Å²) in [7, 11) is 0. The lowest BCUT2D eigenvalue weighted by atomic mass is 10.2. The monoisotopic (exact) mass is 329 g/mol. The highest BCUT2D eigenvalue weighted by molar-refractivity contribution is 5.88. The van der Waals surface area contributed by atoms with Crippen molar-refractivity contribution in [1.82, 2.24) is 9.97 Å². The zero-order chi connectivity index (χ0) is 17.5. The van der Waals surface area contributed by atoms with Gasteiger partial charge in [0.05, 0.1) is 11.8 Å². The largest absolute Gasteiger partial charge is 0.490 e. The van der Waals surface area contributed by atoms with Crippen LogP contribution in [0.4, 0.5) is 24.7 Å². The van der Waals surface area contributed by atoms with Gasteiger partial charge in [0, 0.05) is 18.1 Å². The van der Waals surface area contributed by atoms with Gasteiger partial charge in [0.2, 0.25) is 0 Å². The van der Waals surface area contributed by atoms with Crippen molar-refractivity contribution in [3.05, 3.63) is 48.4 Å². The average molecular weight is 329 g/mol. The molecule has 10 heteroatoms. The summed E-state index contributed by atoms with van der Waals surface area (Å²) in [6.45, 7) is 0. The minimum Gasteiger partial charge on any atom is -0.478 e. The second kappa shape index (κ2) is 7.73. The number of halogens is 3. The standard InChI is InChI=1S/C11H9N3O2.C2HF3O2/c15-11(16)8-1-3-9(4-2-8)14-10-7-12-5-6-13-10;3-2(4,5)1(6)7/h1-7H,(H,13,14)(H,15,16);(H,6,7). The van der Waals surface area contributed by atoms with Crippen LogP contribution in [0.1, 0.15) is 10.4 Å². The van der Waals surface area contributed by atoms with E-state index in [2.05, 4.69) is 15.3 Å². The molecule has 0 saturated carbocycles. The first-order valence-corrected chi connectivity index (χ1v) is 5.86. The maximum Gasteiger partial charge on any atom is 0.490 e. The van der Waals surface area contributed by atoms with Crippen LogP contribution in [0.2, 0.25) is 0 Å². The maximum atomic E-state index is 10.6. The summed E-state index contributed by atoms with van der Waals surface area (Å²) in [5.41, 5.74) is 1.02. The number of hydrogen-bond acceptors (Lipinski definition) is 5. The molecule has 0 fully saturated rings. The Morgan fingerprint density at radius 2 is 1.61 bits per heavy atom. The molecule has 23 heavy (non-hydrogen) atoms. The van der Waals surface area contributed by atoms with Gasteiger partial charge in [-0.05, 0) is 24.3 Å². The number of alkyl halides is 3. The van der Waals surface area contributed by atoms with Crippen LogP contribution in [0.5, 0.6) is 0 Å². The molecule has 0 aliphatic rings. The molecule has 1 heterocycles. The molecule has 0 aliphatic carbocycles. The number of aromatic nitrogens is 2. The van der Waals surface area contributed by atoms with Crippen molar-refractivity contribution in [2.24, 2.45) is 0 Å². The Morgan fingerprint density at radius 1 is 1.04 bits per heavy atom. The van der Waals surface area contributed by atoms with Crippen molar-refractivity contribution in [1.29, 1.82) is 0 Å². The van der Waals surface area contributed by atoms with Crippen LogP contribution in [-0.4, -0.2) is 38.3 Å². The fraction of sp³-hybridized carbons (Fsp3) is 0.0769. The van der Waals surface area contributed by atoms with Crippen molar-refractivity contribution >= 4 is 23.4 Å². The van der Waals surface area contributed by atoms with Crippen LogP contribution < -0.4 is 5.32 Å². The van der Waals surface area contributed by atoms with Crippen LogP contribution >= 0.6 is 0 Å². The number of carboxylic acid groups (broad SMARTS) is 2. The summed E-state index contributed by atoms with van der Waals surface area (Å²) in [6, 6.07) is 6.42. The molecular weight excluding hydrogens is 319 g/mol. The van der Waals surface area contributed by atoms with Crippen LogP contribution in [0.25, 0.3) is 0 Å². The zero-order valence-electron chi connectivity index (χ0n) is 11.3. The maximum absolute atomic E-state index is 10.6. The summed E-state index contributed by atoms with van der Waals surface area (Å²) in [4.78, 5) is 27.5. The fourth-order valence-corrected chi connectivity index (χ4v) is 1.21. The highest BCUT2D eigenvalue weighted by atomic mass is 19.4. The summed E-state index contributed by atoms with van der Waals surface area (Å²) < 4.78 is 31.7. The van der Waals surface area contributed by atoms with Gasteiger partial charge in [-0.1, -0.05) is 0 Å². The third-order valence-electron chi connectivity index (χ3n) is 2.21. The second-order valence-corrected chi connectivity index (χ2v) is 3.90. The molecular formula is C13H10F3N3O4. The molecule has 0 unspecified atom stereocenters. The molecule has 0 bridgehead atoms. The van der Waals surface area contributed by atoms with Gasteiger partial charge < -0.3 is 15.5 Å². The lowest BCUT2D eigenvalue weighted by Crippen LogP contribution is -2.21. The van der Waals surface area contributed by atoms with Crippen molar-refractivity contribution in [2.45, 2.75) is 6.18 Å². The molecule has 2 aromatic rings. The van der Waals surface area contributed by atoms with Crippen LogP contribution in [-0.2, 0) is 4.79 Å². The summed E-state index contributed by atoms with van der Waals surface area (Å²) in [6.07, 6.45) is -0.336. The number of aliphatic carboxylic acids is 1. The molecule has 2 rings (SSSR count). The molecule has 0 atom stereocenters. The predicted molar refractivity (Wildman–Crippen MR) is 72.4 cm³/mol. The van der Waals surface area contributed by atoms with Crippen molar-refractivity contribution in [3.63, 3.8) is 0 Å². The van der Waals surface area contributed by atoms with E-state index in [1.807, 2.05) is 0 Å². The minimum absolute atomic E-state index is 0.254. The molecule has 3 N–H and O–H groups in total. The molecule has 0 amide bonds. The number of carboxylic acids is 2. The first-order chi connectivity index (χ1) is 10.7. The minimum atomic E-state index is -5.08. The van der Waals surface area contributed by atoms with E-state index in [9.17, 15) is 18.0 Å². The van der Waals surface area contributed by atoms with Gasteiger partial charge in [-0.3, -0.25) is 4.98 Å². The Morgan fingerprint density at radius 3 is 2.00 bits per heavy atom. The zero-order valence-corrected chi connectivity index (χ0v) is 11.3. The van der Waals surface area contributed by atoms with E-state index >= 15 is 0 Å². The van der Waals surface area contributed by atoms with Crippen LogP contribution in [0.3, 0.4) is 0 Å². The first kappa shape index (κ1) is 17.9. The van der Waals surface area contributed by atoms with Crippen molar-refractivity contribution in [2.75, 3.05) is 5.32 Å². The molecule has 1 aromatic heterocycles. The van der Waals surface area contributed by atoms with Crippen molar-refractivity contribution < 1.29 is 33.0 Å². The van der Waals surface area contributed by atoms with Gasteiger partial charge in [-0.25, -0.2) is 14.6 Å². The van der Waals surface area contributed by atoms with Gasteiger partial charge >= 0.3 is 18.1 Å². The Bertz CT molecular complexity index is 660. The lowest BCUT2D eigenvalue weighted by Gasteiger charge is -2.04.